The van der Waals surface area contributed by atoms with Crippen LogP contribution in [-0.4, -0.2) is 48.5 Å². The van der Waals surface area contributed by atoms with Gasteiger partial charge in [0, 0.05) is 18.8 Å². The number of hydrogen-bond donors (Lipinski definition) is 3. The van der Waals surface area contributed by atoms with E-state index in [1.54, 1.807) is 7.05 Å². The standard InChI is InChI=1S/C27H26F2N4O4/c1-16(30-26(36)24(34)17-12-18(28)14-19(29)13-17)25(35)31-21-15-33(20-8-4-3-5-9-20)23-11-7-6-10-22(23)32(2)27(21)37/h3-14,16,21,24,34H,15H2,1-2H3,(H,30,36)(H,31,35)/t16-,21?,24?/m0/s1. The van der Waals surface area contributed by atoms with E-state index in [1.165, 1.54) is 11.8 Å². The zero-order chi connectivity index (χ0) is 26.7. The van der Waals surface area contributed by atoms with Crippen molar-refractivity contribution in [1.29, 1.82) is 0 Å². The van der Waals surface area contributed by atoms with Crippen LogP contribution in [0.4, 0.5) is 25.8 Å². The number of nitrogens with one attached hydrogen (secondary N) is 2. The van der Waals surface area contributed by atoms with Crippen molar-refractivity contribution in [3.63, 3.8) is 0 Å². The third-order valence-electron chi connectivity index (χ3n) is 6.11. The molecule has 0 aliphatic carbocycles. The summed E-state index contributed by atoms with van der Waals surface area (Å²) in [6.07, 6.45) is -1.89. The van der Waals surface area contributed by atoms with E-state index in [0.717, 1.165) is 23.5 Å². The number of hydrogen-bond acceptors (Lipinski definition) is 5. The van der Waals surface area contributed by atoms with Crippen LogP contribution in [0.15, 0.2) is 72.8 Å². The molecule has 10 heteroatoms. The summed E-state index contributed by atoms with van der Waals surface area (Å²) >= 11 is 0. The van der Waals surface area contributed by atoms with Gasteiger partial charge in [0.15, 0.2) is 6.10 Å². The van der Waals surface area contributed by atoms with E-state index in [0.29, 0.717) is 11.8 Å². The number of nitrogens with zero attached hydrogens (tertiary/aromatic N) is 2. The lowest BCUT2D eigenvalue weighted by Crippen LogP contribution is -2.55. The molecule has 8 nitrogen and oxygen atoms in total. The Balaban J connectivity index is 1.51. The molecular weight excluding hydrogens is 482 g/mol. The van der Waals surface area contributed by atoms with Crippen LogP contribution in [0, 0.1) is 11.6 Å². The molecule has 0 fully saturated rings. The van der Waals surface area contributed by atoms with Gasteiger partial charge < -0.3 is 25.5 Å². The summed E-state index contributed by atoms with van der Waals surface area (Å²) in [5.74, 6) is -3.94. The van der Waals surface area contributed by atoms with Crippen molar-refractivity contribution in [2.75, 3.05) is 23.4 Å². The van der Waals surface area contributed by atoms with Crippen molar-refractivity contribution < 1.29 is 28.3 Å². The van der Waals surface area contributed by atoms with Crippen molar-refractivity contribution in [3.8, 4) is 0 Å². The van der Waals surface area contributed by atoms with Gasteiger partial charge in [-0.2, -0.15) is 0 Å². The molecule has 2 unspecified atom stereocenters. The highest BCUT2D eigenvalue weighted by Gasteiger charge is 2.34. The second-order valence-electron chi connectivity index (χ2n) is 8.73. The summed E-state index contributed by atoms with van der Waals surface area (Å²) in [7, 11) is 1.62. The van der Waals surface area contributed by atoms with Crippen LogP contribution in [-0.2, 0) is 14.4 Å². The molecule has 0 saturated carbocycles. The van der Waals surface area contributed by atoms with Crippen LogP contribution in [0.1, 0.15) is 18.6 Å². The summed E-state index contributed by atoms with van der Waals surface area (Å²) in [6, 6.07) is 16.9. The average molecular weight is 509 g/mol. The molecule has 3 amide bonds. The first kappa shape index (κ1) is 25.8. The van der Waals surface area contributed by atoms with Gasteiger partial charge in [0.05, 0.1) is 17.9 Å². The lowest BCUT2D eigenvalue weighted by atomic mass is 10.1. The number of fused-ring (bicyclic) bond motifs is 1. The van der Waals surface area contributed by atoms with E-state index in [1.807, 2.05) is 59.5 Å². The Morgan fingerprint density at radius 2 is 1.54 bits per heavy atom. The number of likely N-dealkylation sites (N-methyl/N-ethyl adjacent to an activating group) is 1. The first-order valence-electron chi connectivity index (χ1n) is 11.6. The Bertz CT molecular complexity index is 1300. The van der Waals surface area contributed by atoms with Gasteiger partial charge in [-0.05, 0) is 48.9 Å². The third-order valence-corrected chi connectivity index (χ3v) is 6.11. The number of para-hydroxylation sites is 3. The molecule has 3 aromatic carbocycles. The molecule has 4 rings (SSSR count). The largest absolute Gasteiger partial charge is 0.378 e. The van der Waals surface area contributed by atoms with Gasteiger partial charge in [-0.1, -0.05) is 30.3 Å². The van der Waals surface area contributed by atoms with E-state index >= 15 is 0 Å². The van der Waals surface area contributed by atoms with E-state index in [4.69, 9.17) is 0 Å². The lowest BCUT2D eigenvalue weighted by molar-refractivity contribution is -0.134. The normalized spacial score (nSPS) is 16.9. The van der Waals surface area contributed by atoms with Crippen LogP contribution >= 0.6 is 0 Å². The summed E-state index contributed by atoms with van der Waals surface area (Å²) in [5.41, 5.74) is 1.98. The van der Waals surface area contributed by atoms with Crippen molar-refractivity contribution in [2.45, 2.75) is 25.1 Å². The molecule has 37 heavy (non-hydrogen) atoms. The lowest BCUT2D eigenvalue weighted by Gasteiger charge is -2.27. The fourth-order valence-electron chi connectivity index (χ4n) is 4.19. The van der Waals surface area contributed by atoms with Gasteiger partial charge in [-0.3, -0.25) is 14.4 Å². The Hall–Kier alpha value is -4.31. The fourth-order valence-corrected chi connectivity index (χ4v) is 4.19. The highest BCUT2D eigenvalue weighted by molar-refractivity contribution is 6.04. The monoisotopic (exact) mass is 508 g/mol. The predicted molar refractivity (Wildman–Crippen MR) is 134 cm³/mol. The molecular formula is C27H26F2N4O4. The number of amides is 3. The van der Waals surface area contributed by atoms with Crippen molar-refractivity contribution in [2.24, 2.45) is 0 Å². The summed E-state index contributed by atoms with van der Waals surface area (Å²) in [4.78, 5) is 42.1. The minimum Gasteiger partial charge on any atom is -0.378 e. The second-order valence-corrected chi connectivity index (χ2v) is 8.73. The first-order chi connectivity index (χ1) is 17.7. The molecule has 3 atom stereocenters. The zero-order valence-electron chi connectivity index (χ0n) is 20.2. The molecule has 1 aliphatic rings. The van der Waals surface area contributed by atoms with E-state index in [-0.39, 0.29) is 18.0 Å². The van der Waals surface area contributed by atoms with Gasteiger partial charge in [0.2, 0.25) is 5.91 Å². The smallest absolute Gasteiger partial charge is 0.254 e. The maximum Gasteiger partial charge on any atom is 0.254 e. The van der Waals surface area contributed by atoms with Crippen LogP contribution in [0.5, 0.6) is 0 Å². The number of halogens is 2. The quantitative estimate of drug-likeness (QED) is 0.475. The Morgan fingerprint density at radius 1 is 0.946 bits per heavy atom. The van der Waals surface area contributed by atoms with Crippen LogP contribution in [0.3, 0.4) is 0 Å². The number of aliphatic hydroxyl groups is 1. The SMILES string of the molecule is C[C@H](NC(=O)C(O)c1cc(F)cc(F)c1)C(=O)NC1CN(c2ccccc2)c2ccccc2N(C)C1=O. The second kappa shape index (κ2) is 10.8. The van der Waals surface area contributed by atoms with Crippen molar-refractivity contribution >= 4 is 34.8 Å². The molecule has 3 N–H and O–H groups in total. The molecule has 3 aromatic rings. The van der Waals surface area contributed by atoms with Crippen LogP contribution < -0.4 is 20.4 Å². The summed E-state index contributed by atoms with van der Waals surface area (Å²) in [5, 5.41) is 15.2. The summed E-state index contributed by atoms with van der Waals surface area (Å²) < 4.78 is 26.9. The van der Waals surface area contributed by atoms with Gasteiger partial charge >= 0.3 is 0 Å². The summed E-state index contributed by atoms with van der Waals surface area (Å²) in [6.45, 7) is 1.50. The topological polar surface area (TPSA) is 102 Å². The molecule has 0 aromatic heterocycles. The Labute approximate surface area is 212 Å². The number of anilines is 3. The maximum absolute atomic E-state index is 13.5. The minimum absolute atomic E-state index is 0.127. The number of rotatable bonds is 6. The number of benzene rings is 3. The molecule has 0 saturated heterocycles. The molecule has 0 radical (unpaired) electrons. The Morgan fingerprint density at radius 3 is 2.19 bits per heavy atom. The van der Waals surface area contributed by atoms with E-state index < -0.39 is 41.6 Å². The van der Waals surface area contributed by atoms with Gasteiger partial charge in [-0.25, -0.2) is 8.78 Å². The van der Waals surface area contributed by atoms with Crippen molar-refractivity contribution in [1.82, 2.24) is 10.6 Å². The van der Waals surface area contributed by atoms with E-state index in [2.05, 4.69) is 10.6 Å². The van der Waals surface area contributed by atoms with E-state index in [9.17, 15) is 28.3 Å². The highest BCUT2D eigenvalue weighted by Crippen LogP contribution is 2.36. The highest BCUT2D eigenvalue weighted by atomic mass is 19.1. The number of carbonyl (C=O) groups is 3. The van der Waals surface area contributed by atoms with Gasteiger partial charge in [0.1, 0.15) is 23.7 Å². The predicted octanol–water partition coefficient (Wildman–Crippen LogP) is 2.80. The molecule has 0 spiro atoms. The average Bonchev–Trinajstić information content (AvgIpc) is 2.98. The maximum atomic E-state index is 13.5. The minimum atomic E-state index is -1.89. The van der Waals surface area contributed by atoms with Gasteiger partial charge in [0.25, 0.3) is 11.8 Å². The number of aliphatic hydroxyl groups excluding tert-OH is 1. The number of carbonyl (C=O) groups excluding carboxylic acids is 3. The Kier molecular flexibility index (Phi) is 7.49. The fraction of sp³-hybridized carbons (Fsp3) is 0.222. The molecule has 0 bridgehead atoms. The molecule has 192 valence electrons. The first-order valence-corrected chi connectivity index (χ1v) is 11.6. The zero-order valence-corrected chi connectivity index (χ0v) is 20.2. The van der Waals surface area contributed by atoms with Gasteiger partial charge in [-0.15, -0.1) is 0 Å². The molecule has 1 aliphatic heterocycles. The van der Waals surface area contributed by atoms with Crippen LogP contribution in [0.25, 0.3) is 0 Å². The van der Waals surface area contributed by atoms with Crippen molar-refractivity contribution in [3.05, 3.63) is 90.0 Å². The molecule has 1 heterocycles. The van der Waals surface area contributed by atoms with Crippen LogP contribution in [0.2, 0.25) is 0 Å². The third kappa shape index (κ3) is 5.59.